The average Bonchev–Trinajstić information content (AvgIpc) is 2.03. The fourth-order valence-electron chi connectivity index (χ4n) is 10.7. The van der Waals surface area contributed by atoms with Gasteiger partial charge < -0.3 is 63.3 Å². The highest BCUT2D eigenvalue weighted by Crippen LogP contribution is 2.46. The number of rotatable bonds is 20. The molecule has 86 heavy (non-hydrogen) atoms. The monoisotopic (exact) mass is 1180 g/mol. The summed E-state index contributed by atoms with van der Waals surface area (Å²) in [5, 5.41) is 9.09. The Balaban J connectivity index is 0.000000181. The Morgan fingerprint density at radius 3 is 1.56 bits per heavy atom. The van der Waals surface area contributed by atoms with Crippen molar-refractivity contribution in [3.05, 3.63) is 145 Å². The second-order valence-corrected chi connectivity index (χ2v) is 21.7. The van der Waals surface area contributed by atoms with Crippen LogP contribution in [0.2, 0.25) is 0 Å². The summed E-state index contributed by atoms with van der Waals surface area (Å²) in [7, 11) is 1.63. The minimum atomic E-state index is -0.877. The number of nitrogens with zero attached hydrogens (tertiary/aromatic N) is 10. The van der Waals surface area contributed by atoms with E-state index >= 15 is 0 Å². The molecule has 3 N–H and O–H groups in total. The Labute approximate surface area is 495 Å². The van der Waals surface area contributed by atoms with E-state index in [4.69, 9.17) is 47.4 Å². The molecule has 26 heteroatoms. The fourth-order valence-corrected chi connectivity index (χ4v) is 10.7. The van der Waals surface area contributed by atoms with Crippen molar-refractivity contribution < 1.29 is 61.8 Å². The van der Waals surface area contributed by atoms with Gasteiger partial charge in [0, 0.05) is 25.5 Å². The minimum absolute atomic E-state index is 0.0205. The first kappa shape index (κ1) is 59.1. The lowest BCUT2D eigenvalue weighted by molar-refractivity contribution is -0.199. The van der Waals surface area contributed by atoms with E-state index < -0.39 is 78.8 Å². The average molecular weight is 1180 g/mol. The largest absolute Gasteiger partial charge is 0.497 e. The molecule has 452 valence electrons. The van der Waals surface area contributed by atoms with E-state index in [1.807, 2.05) is 56.5 Å². The number of hydrogen-bond donors (Lipinski definition) is 3. The van der Waals surface area contributed by atoms with Crippen molar-refractivity contribution in [2.45, 2.75) is 135 Å². The van der Waals surface area contributed by atoms with Gasteiger partial charge in [0.05, 0.1) is 26.4 Å². The lowest BCUT2D eigenvalue weighted by atomic mass is 10.0. The first-order chi connectivity index (χ1) is 41.6. The highest BCUT2D eigenvalue weighted by atomic mass is 16.8. The van der Waals surface area contributed by atoms with Crippen molar-refractivity contribution in [2.75, 3.05) is 44.1 Å². The number of fused-ring (bicyclic) bond motifs is 4. The zero-order valence-corrected chi connectivity index (χ0v) is 48.7. The number of carbonyl (C=O) groups is 3. The number of hydrogen-bond acceptors (Lipinski definition) is 22. The molecule has 0 bridgehead atoms. The molecule has 0 aliphatic carbocycles. The Morgan fingerprint density at radius 1 is 0.581 bits per heavy atom. The van der Waals surface area contributed by atoms with Crippen molar-refractivity contribution in [3.8, 4) is 5.75 Å². The van der Waals surface area contributed by atoms with Gasteiger partial charge in [-0.05, 0) is 93.8 Å². The van der Waals surface area contributed by atoms with Gasteiger partial charge in [-0.25, -0.2) is 49.0 Å². The minimum Gasteiger partial charge on any atom is -0.497 e. The Kier molecular flexibility index (Phi) is 17.8. The van der Waals surface area contributed by atoms with Gasteiger partial charge in [0.15, 0.2) is 58.0 Å². The van der Waals surface area contributed by atoms with Crippen molar-refractivity contribution >= 4 is 52.1 Å². The molecule has 3 aromatic carbocycles. The van der Waals surface area contributed by atoms with Gasteiger partial charge in [-0.1, -0.05) is 67.6 Å². The van der Waals surface area contributed by atoms with Crippen LogP contribution in [0.1, 0.15) is 81.8 Å². The quantitative estimate of drug-likeness (QED) is 0.0500. The van der Waals surface area contributed by atoms with Crippen LogP contribution >= 0.6 is 0 Å². The smallest absolute Gasteiger partial charge is 0.419 e. The fraction of sp³-hybridized carbons (Fsp3) is 0.433. The second kappa shape index (κ2) is 25.9. The highest BCUT2D eigenvalue weighted by Gasteiger charge is 2.58. The molecule has 0 saturated carbocycles. The Hall–Kier alpha value is -8.66. The third-order valence-electron chi connectivity index (χ3n) is 14.9. The zero-order chi connectivity index (χ0) is 60.0. The molecule has 4 aliphatic heterocycles. The molecule has 2 unspecified atom stereocenters. The summed E-state index contributed by atoms with van der Waals surface area (Å²) in [4.78, 5) is 66.9. The number of methoxy groups -OCH3 is 1. The molecule has 5 aromatic heterocycles. The summed E-state index contributed by atoms with van der Waals surface area (Å²) >= 11 is 0. The van der Waals surface area contributed by atoms with E-state index in [1.54, 1.807) is 31.3 Å². The van der Waals surface area contributed by atoms with Crippen LogP contribution in [0.5, 0.6) is 5.75 Å². The van der Waals surface area contributed by atoms with Gasteiger partial charge >= 0.3 is 18.2 Å². The molecule has 8 atom stereocenters. The van der Waals surface area contributed by atoms with E-state index in [0.29, 0.717) is 47.1 Å². The maximum Gasteiger partial charge on any atom is 0.419 e. The van der Waals surface area contributed by atoms with Crippen LogP contribution in [-0.2, 0) is 79.8 Å². The van der Waals surface area contributed by atoms with E-state index in [0.717, 1.165) is 36.1 Å². The van der Waals surface area contributed by atoms with Gasteiger partial charge in [-0.2, -0.15) is 0 Å². The maximum absolute atomic E-state index is 12.4. The van der Waals surface area contributed by atoms with E-state index in [1.165, 1.54) is 52.6 Å². The summed E-state index contributed by atoms with van der Waals surface area (Å²) in [6.45, 7) is 12.1. The number of nitrogens with one attached hydrogen (secondary N) is 3. The first-order valence-corrected chi connectivity index (χ1v) is 28.5. The molecular formula is C60H69N13O13. The SMILES string of the molecule is CCOC(=O)CNC(=O)OC[C@H]1O[C@@H](n2cnc3c(NCc4ccc(OC)cc4)ncnc32)C2OC(C)(C)O[C@H]21.CCc1ccc(CCc2ccc(CNc3ncnc4c3ncn4[C@@H]3O[C@H](COC(=O)n4ccnc4)[C@@H]4OC(C)(C)OC43)cc2)cc1. The third kappa shape index (κ3) is 13.5. The van der Waals surface area contributed by atoms with Crippen molar-refractivity contribution in [1.82, 2.24) is 53.9 Å². The van der Waals surface area contributed by atoms with E-state index in [2.05, 4.69) is 106 Å². The van der Waals surface area contributed by atoms with E-state index in [-0.39, 0.29) is 26.4 Å². The number of benzene rings is 3. The lowest BCUT2D eigenvalue weighted by Gasteiger charge is -2.24. The molecule has 12 rings (SSSR count). The number of alkyl carbamates (subject to hydrolysis) is 1. The number of carbonyl (C=O) groups excluding carboxylic acids is 3. The molecule has 4 fully saturated rings. The van der Waals surface area contributed by atoms with E-state index in [9.17, 15) is 14.4 Å². The van der Waals surface area contributed by atoms with Crippen LogP contribution in [0.4, 0.5) is 21.2 Å². The molecule has 0 radical (unpaired) electrons. The lowest BCUT2D eigenvalue weighted by Crippen LogP contribution is -2.37. The Morgan fingerprint density at radius 2 is 1.07 bits per heavy atom. The van der Waals surface area contributed by atoms with Crippen LogP contribution in [0, 0.1) is 0 Å². The second-order valence-electron chi connectivity index (χ2n) is 21.7. The zero-order valence-electron chi connectivity index (χ0n) is 48.7. The van der Waals surface area contributed by atoms with Gasteiger partial charge in [0.2, 0.25) is 0 Å². The number of ether oxygens (including phenoxy) is 10. The van der Waals surface area contributed by atoms with Gasteiger partial charge in [0.1, 0.15) is 81.1 Å². The summed E-state index contributed by atoms with van der Waals surface area (Å²) in [6, 6.07) is 25.3. The number of aryl methyl sites for hydroxylation is 3. The molecule has 8 aromatic rings. The predicted molar refractivity (Wildman–Crippen MR) is 308 cm³/mol. The third-order valence-corrected chi connectivity index (χ3v) is 14.9. The number of esters is 1. The molecule has 9 heterocycles. The van der Waals surface area contributed by atoms with Gasteiger partial charge in [0.25, 0.3) is 0 Å². The van der Waals surface area contributed by atoms with Crippen LogP contribution < -0.4 is 20.7 Å². The summed E-state index contributed by atoms with van der Waals surface area (Å²) in [6.07, 6.45) is 7.97. The number of imidazole rings is 3. The van der Waals surface area contributed by atoms with Crippen LogP contribution in [0.3, 0.4) is 0 Å². The molecular weight excluding hydrogens is 1110 g/mol. The molecule has 4 aliphatic rings. The summed E-state index contributed by atoms with van der Waals surface area (Å²) in [5.41, 5.74) is 8.51. The van der Waals surface area contributed by atoms with Crippen molar-refractivity contribution in [2.24, 2.45) is 0 Å². The Bertz CT molecular complexity index is 3600. The molecule has 26 nitrogen and oxygen atoms in total. The highest BCUT2D eigenvalue weighted by molar-refractivity contribution is 5.83. The molecule has 1 amide bonds. The van der Waals surface area contributed by atoms with Crippen molar-refractivity contribution in [1.29, 1.82) is 0 Å². The maximum atomic E-state index is 12.4. The van der Waals surface area contributed by atoms with Crippen LogP contribution in [0.25, 0.3) is 22.3 Å². The standard InChI is InChI=1S/C34H37N7O5.C26H32N6O8/c1-4-22-5-7-23(8-6-22)9-10-24-11-13-25(14-12-24)17-36-30-27-31(38-19-37-30)41(21-39-27)32-29-28(45-34(2,3)46-29)26(44-32)18-43-33(42)40-16-15-35-20-40;1-5-36-18(33)11-28-25(34)37-12-17-20-21(40-26(2,3)39-20)24(38-17)32-14-31-19-22(29-13-30-23(19)32)27-10-15-6-8-16(35-4)9-7-15/h5-8,11-16,19-21,26,28-29,32H,4,9-10,17-18H2,1-3H3,(H,36,37,38);6-9,13-14,17,20-21,24H,5,10-12H2,1-4H3,(H,28,34)(H,27,29,30)/t26-,28+,29?,32-;17-,20+,21?,24-/m11/s1. The molecule has 4 saturated heterocycles. The van der Waals surface area contributed by atoms with Gasteiger partial charge in [-0.15, -0.1) is 0 Å². The van der Waals surface area contributed by atoms with Crippen molar-refractivity contribution in [3.63, 3.8) is 0 Å². The first-order valence-electron chi connectivity index (χ1n) is 28.5. The molecule has 0 spiro atoms. The summed E-state index contributed by atoms with van der Waals surface area (Å²) < 4.78 is 63.0. The van der Waals surface area contributed by atoms with Crippen LogP contribution in [-0.4, -0.2) is 148 Å². The van der Waals surface area contributed by atoms with Crippen LogP contribution in [0.15, 0.2) is 117 Å². The number of aromatic nitrogens is 10. The number of anilines is 2. The number of amides is 1. The summed E-state index contributed by atoms with van der Waals surface area (Å²) in [5.74, 6) is -0.304. The predicted octanol–water partition coefficient (Wildman–Crippen LogP) is 7.24. The topological polar surface area (TPSA) is 285 Å². The van der Waals surface area contributed by atoms with Gasteiger partial charge in [-0.3, -0.25) is 13.9 Å². The normalized spacial score (nSPS) is 22.4.